The molecule has 0 aliphatic carbocycles. The fraction of sp³-hybridized carbons (Fsp3) is 0.688. The van der Waals surface area contributed by atoms with Crippen LogP contribution in [0.1, 0.15) is 33.1 Å². The highest BCUT2D eigenvalue weighted by atomic mass is 16.4. The fourth-order valence-electron chi connectivity index (χ4n) is 2.63. The number of primary amides is 1. The number of carboxylic acids is 1. The van der Waals surface area contributed by atoms with Crippen LogP contribution in [0.5, 0.6) is 0 Å². The van der Waals surface area contributed by atoms with E-state index in [2.05, 4.69) is 16.0 Å². The second-order valence-corrected chi connectivity index (χ2v) is 6.68. The molecule has 12 nitrogen and oxygen atoms in total. The Morgan fingerprint density at radius 1 is 1.11 bits per heavy atom. The zero-order chi connectivity index (χ0) is 21.4. The molecule has 1 rings (SSSR count). The molecule has 12 heteroatoms. The number of aliphatic carboxylic acids is 1. The minimum Gasteiger partial charge on any atom is -0.480 e. The summed E-state index contributed by atoms with van der Waals surface area (Å²) in [7, 11) is 0. The van der Waals surface area contributed by atoms with E-state index in [0.717, 1.165) is 6.42 Å². The average Bonchev–Trinajstić information content (AvgIpc) is 3.12. The largest absolute Gasteiger partial charge is 0.480 e. The van der Waals surface area contributed by atoms with Gasteiger partial charge in [0.2, 0.25) is 23.6 Å². The van der Waals surface area contributed by atoms with Gasteiger partial charge in [0.15, 0.2) is 0 Å². The van der Waals surface area contributed by atoms with E-state index in [1.54, 1.807) is 0 Å². The van der Waals surface area contributed by atoms with E-state index in [-0.39, 0.29) is 5.91 Å². The quantitative estimate of drug-likeness (QED) is 0.196. The number of nitrogens with two attached hydrogens (primary N) is 1. The van der Waals surface area contributed by atoms with Gasteiger partial charge >= 0.3 is 5.97 Å². The van der Waals surface area contributed by atoms with E-state index in [1.807, 2.05) is 5.32 Å². The van der Waals surface area contributed by atoms with Crippen molar-refractivity contribution < 1.29 is 34.2 Å². The highest BCUT2D eigenvalue weighted by Gasteiger charge is 2.32. The predicted molar refractivity (Wildman–Crippen MR) is 95.6 cm³/mol. The highest BCUT2D eigenvalue weighted by molar-refractivity contribution is 5.95. The maximum atomic E-state index is 12.3. The Labute approximate surface area is 161 Å². The van der Waals surface area contributed by atoms with Gasteiger partial charge in [0.05, 0.1) is 18.6 Å². The van der Waals surface area contributed by atoms with Crippen molar-refractivity contribution in [1.82, 2.24) is 21.3 Å². The van der Waals surface area contributed by atoms with Crippen LogP contribution in [0, 0.1) is 0 Å². The maximum Gasteiger partial charge on any atom is 0.326 e. The minimum atomic E-state index is -1.60. The molecule has 0 aromatic carbocycles. The number of aliphatic hydroxyl groups is 1. The molecule has 0 saturated carbocycles. The van der Waals surface area contributed by atoms with Gasteiger partial charge in [-0.2, -0.15) is 0 Å². The molecule has 4 amide bonds. The standard InChI is InChI=1S/C16H27N5O7/c1-7(19-14(25)9-4-3-5-18-9)13(24)21-12(8(2)22)15(26)20-10(16(27)28)6-11(17)23/h7-10,12,18,22H,3-6H2,1-2H3,(H2,17,23)(H,19,25)(H,20,26)(H,21,24)(H,27,28). The maximum absolute atomic E-state index is 12.3. The van der Waals surface area contributed by atoms with E-state index in [0.29, 0.717) is 13.0 Å². The second-order valence-electron chi connectivity index (χ2n) is 6.68. The summed E-state index contributed by atoms with van der Waals surface area (Å²) < 4.78 is 0. The van der Waals surface area contributed by atoms with E-state index < -0.39 is 60.4 Å². The summed E-state index contributed by atoms with van der Waals surface area (Å²) in [5, 5.41) is 28.6. The molecule has 1 aliphatic rings. The normalized spacial score (nSPS) is 20.3. The van der Waals surface area contributed by atoms with Crippen LogP contribution < -0.4 is 27.0 Å². The second kappa shape index (κ2) is 10.6. The van der Waals surface area contributed by atoms with E-state index >= 15 is 0 Å². The smallest absolute Gasteiger partial charge is 0.326 e. The fourth-order valence-corrected chi connectivity index (χ4v) is 2.63. The molecule has 0 radical (unpaired) electrons. The van der Waals surface area contributed by atoms with Crippen molar-refractivity contribution in [1.29, 1.82) is 0 Å². The lowest BCUT2D eigenvalue weighted by Crippen LogP contribution is -2.59. The van der Waals surface area contributed by atoms with Crippen LogP contribution in [0.3, 0.4) is 0 Å². The summed E-state index contributed by atoms with van der Waals surface area (Å²) in [6.45, 7) is 3.34. The van der Waals surface area contributed by atoms with Crippen molar-refractivity contribution in [3.05, 3.63) is 0 Å². The number of nitrogens with one attached hydrogen (secondary N) is 4. The predicted octanol–water partition coefficient (Wildman–Crippen LogP) is -3.45. The topological polar surface area (TPSA) is 200 Å². The summed E-state index contributed by atoms with van der Waals surface area (Å²) in [4.78, 5) is 58.6. The number of hydrogen-bond acceptors (Lipinski definition) is 7. The van der Waals surface area contributed by atoms with Gasteiger partial charge in [0.1, 0.15) is 18.1 Å². The Kier molecular flexibility index (Phi) is 8.79. The number of carboxylic acid groups (broad SMARTS) is 1. The third-order valence-corrected chi connectivity index (χ3v) is 4.21. The molecular formula is C16H27N5O7. The molecule has 1 saturated heterocycles. The van der Waals surface area contributed by atoms with Crippen LogP contribution in [-0.2, 0) is 24.0 Å². The van der Waals surface area contributed by atoms with Gasteiger partial charge in [-0.05, 0) is 33.2 Å². The number of carbonyl (C=O) groups is 5. The lowest BCUT2D eigenvalue weighted by Gasteiger charge is -2.25. The van der Waals surface area contributed by atoms with Gasteiger partial charge in [-0.25, -0.2) is 4.79 Å². The van der Waals surface area contributed by atoms with Crippen LogP contribution in [0.15, 0.2) is 0 Å². The summed E-state index contributed by atoms with van der Waals surface area (Å²) in [5.74, 6) is -4.54. The van der Waals surface area contributed by atoms with Gasteiger partial charge in [-0.3, -0.25) is 19.2 Å². The Morgan fingerprint density at radius 3 is 2.21 bits per heavy atom. The molecule has 1 fully saturated rings. The van der Waals surface area contributed by atoms with Crippen molar-refractivity contribution in [2.45, 2.75) is 63.4 Å². The van der Waals surface area contributed by atoms with Gasteiger partial charge in [0, 0.05) is 0 Å². The van der Waals surface area contributed by atoms with E-state index in [4.69, 9.17) is 10.8 Å². The first kappa shape index (κ1) is 23.3. The van der Waals surface area contributed by atoms with Crippen LogP contribution in [-0.4, -0.2) is 76.6 Å². The van der Waals surface area contributed by atoms with Crippen LogP contribution in [0.4, 0.5) is 0 Å². The molecule has 5 unspecified atom stereocenters. The van der Waals surface area contributed by atoms with Crippen molar-refractivity contribution >= 4 is 29.6 Å². The molecule has 0 aromatic heterocycles. The molecule has 0 spiro atoms. The summed E-state index contributed by atoms with van der Waals surface area (Å²) in [6, 6.07) is -4.49. The molecular weight excluding hydrogens is 374 g/mol. The van der Waals surface area contributed by atoms with Gasteiger partial charge in [-0.1, -0.05) is 0 Å². The lowest BCUT2D eigenvalue weighted by atomic mass is 10.1. The van der Waals surface area contributed by atoms with Crippen LogP contribution >= 0.6 is 0 Å². The third kappa shape index (κ3) is 7.12. The van der Waals surface area contributed by atoms with Crippen LogP contribution in [0.25, 0.3) is 0 Å². The Hall–Kier alpha value is -2.73. The average molecular weight is 401 g/mol. The number of rotatable bonds is 10. The highest BCUT2D eigenvalue weighted by Crippen LogP contribution is 2.05. The van der Waals surface area contributed by atoms with E-state index in [1.165, 1.54) is 13.8 Å². The Bertz CT molecular complexity index is 619. The molecule has 0 aromatic rings. The molecule has 1 aliphatic heterocycles. The van der Waals surface area contributed by atoms with Crippen molar-refractivity contribution in [3.8, 4) is 0 Å². The zero-order valence-corrected chi connectivity index (χ0v) is 15.7. The molecule has 0 bridgehead atoms. The molecule has 158 valence electrons. The van der Waals surface area contributed by atoms with Crippen molar-refractivity contribution in [3.63, 3.8) is 0 Å². The third-order valence-electron chi connectivity index (χ3n) is 4.21. The van der Waals surface area contributed by atoms with Gasteiger partial charge in [0.25, 0.3) is 0 Å². The minimum absolute atomic E-state index is 0.356. The number of hydrogen-bond donors (Lipinski definition) is 7. The van der Waals surface area contributed by atoms with E-state index in [9.17, 15) is 29.1 Å². The molecule has 5 atom stereocenters. The van der Waals surface area contributed by atoms with Crippen LogP contribution in [0.2, 0.25) is 0 Å². The monoisotopic (exact) mass is 401 g/mol. The number of amides is 4. The first-order valence-electron chi connectivity index (χ1n) is 8.86. The zero-order valence-electron chi connectivity index (χ0n) is 15.7. The van der Waals surface area contributed by atoms with Crippen molar-refractivity contribution in [2.75, 3.05) is 6.54 Å². The lowest BCUT2D eigenvalue weighted by molar-refractivity contribution is -0.144. The van der Waals surface area contributed by atoms with Gasteiger partial charge < -0.3 is 37.2 Å². The Morgan fingerprint density at radius 2 is 1.75 bits per heavy atom. The first-order chi connectivity index (χ1) is 13.0. The summed E-state index contributed by atoms with van der Waals surface area (Å²) in [5.41, 5.74) is 4.94. The van der Waals surface area contributed by atoms with Gasteiger partial charge in [-0.15, -0.1) is 0 Å². The summed E-state index contributed by atoms with van der Waals surface area (Å²) in [6.07, 6.45) is -0.525. The number of carbonyl (C=O) groups excluding carboxylic acids is 4. The summed E-state index contributed by atoms with van der Waals surface area (Å²) >= 11 is 0. The Balaban J connectivity index is 2.69. The number of aliphatic hydroxyl groups excluding tert-OH is 1. The molecule has 28 heavy (non-hydrogen) atoms. The van der Waals surface area contributed by atoms with Crippen molar-refractivity contribution in [2.24, 2.45) is 5.73 Å². The SMILES string of the molecule is CC(NC(=O)C1CCCN1)C(=O)NC(C(=O)NC(CC(N)=O)C(=O)O)C(C)O. The molecule has 8 N–H and O–H groups in total. The molecule has 1 heterocycles. The first-order valence-corrected chi connectivity index (χ1v) is 8.86.